The fraction of sp³-hybridized carbons (Fsp3) is 0.400. The first-order valence-electron chi connectivity index (χ1n) is 4.79. The Morgan fingerprint density at radius 2 is 1.06 bits per heavy atom. The zero-order chi connectivity index (χ0) is 12.3. The third kappa shape index (κ3) is 4.18. The lowest BCUT2D eigenvalue weighted by atomic mass is 10.4. The van der Waals surface area contributed by atoms with Crippen LogP contribution < -0.4 is 9.50 Å². The van der Waals surface area contributed by atoms with E-state index < -0.39 is 0 Å². The summed E-state index contributed by atoms with van der Waals surface area (Å²) >= 11 is 3.44. The molecule has 0 fully saturated rings. The summed E-state index contributed by atoms with van der Waals surface area (Å²) < 4.78 is 2.17. The van der Waals surface area contributed by atoms with E-state index in [0.29, 0.717) is 0 Å². The summed E-state index contributed by atoms with van der Waals surface area (Å²) in [5, 5.41) is 0. The zero-order valence-corrected chi connectivity index (χ0v) is 13.8. The van der Waals surface area contributed by atoms with Crippen LogP contribution in [-0.2, 0) is 0 Å². The summed E-state index contributed by atoms with van der Waals surface area (Å²) in [5.41, 5.74) is 2.31. The Bertz CT molecular complexity index is 394. The van der Waals surface area contributed by atoms with Crippen molar-refractivity contribution in [2.24, 2.45) is 0 Å². The van der Waals surface area contributed by atoms with Gasteiger partial charge in [0.1, 0.15) is 9.50 Å². The number of aromatic nitrogens is 2. The third-order valence-electron chi connectivity index (χ3n) is 2.09. The summed E-state index contributed by atoms with van der Waals surface area (Å²) in [4.78, 5) is 11.0. The second kappa shape index (κ2) is 6.16. The second-order valence-electron chi connectivity index (χ2n) is 3.39. The van der Waals surface area contributed by atoms with E-state index in [4.69, 9.17) is 0 Å². The molecule has 0 saturated carbocycles. The van der Waals surface area contributed by atoms with Crippen LogP contribution in [0.1, 0.15) is 21.1 Å². The van der Waals surface area contributed by atoms with E-state index in [-0.39, 0.29) is 0 Å². The van der Waals surface area contributed by atoms with Crippen molar-refractivity contribution in [3.8, 4) is 0 Å². The maximum absolute atomic E-state index is 4.19. The molecule has 2 heterocycles. The minimum absolute atomic E-state index is 1.08. The van der Waals surface area contributed by atoms with Crippen molar-refractivity contribution in [2.75, 3.05) is 0 Å². The lowest BCUT2D eigenvalue weighted by molar-refractivity contribution is 1.25. The number of hydrogen-bond donors (Lipinski definition) is 0. The summed E-state index contributed by atoms with van der Waals surface area (Å²) in [6, 6.07) is 0. The summed E-state index contributed by atoms with van der Waals surface area (Å²) in [5.74, 6) is 0. The molecule has 6 heteroatoms. The van der Waals surface area contributed by atoms with Gasteiger partial charge in [-0.15, -0.1) is 22.7 Å². The molecule has 2 unspecified atom stereocenters. The lowest BCUT2D eigenvalue weighted by Gasteiger charge is -1.77. The van der Waals surface area contributed by atoms with Gasteiger partial charge >= 0.3 is 0 Å². The smallest absolute Gasteiger partial charge is 0.109 e. The van der Waals surface area contributed by atoms with E-state index in [2.05, 4.69) is 42.3 Å². The van der Waals surface area contributed by atoms with Gasteiger partial charge in [0.05, 0.1) is 11.4 Å². The van der Waals surface area contributed by atoms with E-state index >= 15 is 0 Å². The number of hydrogen-bond acceptors (Lipinski definition) is 4. The molecule has 0 aromatic carbocycles. The van der Waals surface area contributed by atoms with Crippen LogP contribution >= 0.6 is 41.2 Å². The van der Waals surface area contributed by atoms with Gasteiger partial charge in [0, 0.05) is 9.75 Å². The molecule has 0 saturated heterocycles. The van der Waals surface area contributed by atoms with Gasteiger partial charge in [0.25, 0.3) is 0 Å². The van der Waals surface area contributed by atoms with Crippen LogP contribution in [0.2, 0.25) is 0 Å². The first-order valence-corrected chi connectivity index (χ1v) is 7.58. The van der Waals surface area contributed by atoms with Crippen LogP contribution in [0.3, 0.4) is 0 Å². The van der Waals surface area contributed by atoms with Crippen molar-refractivity contribution in [1.82, 2.24) is 9.97 Å². The summed E-state index contributed by atoms with van der Waals surface area (Å²) in [7, 11) is 5.18. The molecule has 2 nitrogen and oxygen atoms in total. The molecule has 0 aliphatic heterocycles. The van der Waals surface area contributed by atoms with Gasteiger partial charge in [-0.1, -0.05) is 18.5 Å². The maximum Gasteiger partial charge on any atom is 0.109 e. The first-order chi connectivity index (χ1) is 7.40. The molecule has 2 atom stereocenters. The molecule has 0 radical (unpaired) electrons. The highest BCUT2D eigenvalue weighted by molar-refractivity contribution is 7.43. The molecule has 0 aliphatic carbocycles. The van der Waals surface area contributed by atoms with E-state index in [1.165, 1.54) is 9.75 Å². The Hall–Kier alpha value is 0.120. The van der Waals surface area contributed by atoms with Crippen molar-refractivity contribution < 1.29 is 0 Å². The minimum atomic E-state index is 1.08. The molecule has 2 rings (SSSR count). The van der Waals surface area contributed by atoms with E-state index in [1.54, 1.807) is 22.7 Å². The Morgan fingerprint density at radius 3 is 1.12 bits per heavy atom. The highest BCUT2D eigenvalue weighted by Crippen LogP contribution is 2.09. The van der Waals surface area contributed by atoms with E-state index in [0.717, 1.165) is 20.9 Å². The quantitative estimate of drug-likeness (QED) is 0.697. The van der Waals surface area contributed by atoms with Crippen LogP contribution in [0.25, 0.3) is 0 Å². The second-order valence-corrected chi connectivity index (χ2v) is 7.79. The van der Waals surface area contributed by atoms with Gasteiger partial charge in [-0.2, -0.15) is 0 Å². The van der Waals surface area contributed by atoms with Gasteiger partial charge in [-0.3, -0.25) is 0 Å². The fourth-order valence-corrected chi connectivity index (χ4v) is 3.82. The highest BCUT2D eigenvalue weighted by Gasteiger charge is 1.96. The molecule has 0 N–H and O–H groups in total. The summed E-state index contributed by atoms with van der Waals surface area (Å²) in [6.45, 7) is 8.22. The molecule has 88 valence electrons. The first kappa shape index (κ1) is 14.2. The Kier molecular flexibility index (Phi) is 5.46. The van der Waals surface area contributed by atoms with Gasteiger partial charge in [-0.25, -0.2) is 9.97 Å². The number of thiazole rings is 2. The average Bonchev–Trinajstić information content (AvgIpc) is 2.58. The molecule has 0 amide bonds. The van der Waals surface area contributed by atoms with Gasteiger partial charge in [0.2, 0.25) is 0 Å². The van der Waals surface area contributed by atoms with Crippen molar-refractivity contribution in [3.05, 3.63) is 21.1 Å². The molecule has 0 spiro atoms. The predicted molar refractivity (Wildman–Crippen MR) is 81.9 cm³/mol. The Labute approximate surface area is 109 Å². The number of aryl methyl sites for hydroxylation is 4. The largest absolute Gasteiger partial charge is 0.242 e. The molecule has 16 heavy (non-hydrogen) atoms. The minimum Gasteiger partial charge on any atom is -0.242 e. The SMILES string of the molecule is Cc1nc(P)sc1C.Cc1nc(P)sc1C. The van der Waals surface area contributed by atoms with Crippen LogP contribution in [0.5, 0.6) is 0 Å². The van der Waals surface area contributed by atoms with E-state index in [1.807, 2.05) is 13.8 Å². The van der Waals surface area contributed by atoms with Crippen LogP contribution in [0, 0.1) is 27.7 Å². The zero-order valence-electron chi connectivity index (χ0n) is 9.87. The Morgan fingerprint density at radius 1 is 0.750 bits per heavy atom. The normalized spacial score (nSPS) is 9.88. The summed E-state index contributed by atoms with van der Waals surface area (Å²) in [6.07, 6.45) is 0. The van der Waals surface area contributed by atoms with Gasteiger partial charge in [-0.05, 0) is 27.7 Å². The molecular weight excluding hydrogens is 274 g/mol. The monoisotopic (exact) mass is 290 g/mol. The topological polar surface area (TPSA) is 25.8 Å². The van der Waals surface area contributed by atoms with Crippen LogP contribution in [0.4, 0.5) is 0 Å². The standard InChI is InChI=1S/2C5H8NPS/c2*1-3-4(2)8-5(7)6-3/h2*7H2,1-2H3. The predicted octanol–water partition coefficient (Wildman–Crippen LogP) is 2.52. The van der Waals surface area contributed by atoms with Crippen molar-refractivity contribution in [1.29, 1.82) is 0 Å². The highest BCUT2D eigenvalue weighted by atomic mass is 32.1. The number of rotatable bonds is 0. The number of nitrogens with zero attached hydrogens (tertiary/aromatic N) is 2. The van der Waals surface area contributed by atoms with Crippen LogP contribution in [0.15, 0.2) is 0 Å². The average molecular weight is 290 g/mol. The molecule has 2 aromatic rings. The van der Waals surface area contributed by atoms with Gasteiger partial charge in [0.15, 0.2) is 0 Å². The van der Waals surface area contributed by atoms with Crippen molar-refractivity contribution >= 4 is 50.7 Å². The van der Waals surface area contributed by atoms with Crippen molar-refractivity contribution in [3.63, 3.8) is 0 Å². The molecule has 0 aliphatic rings. The maximum atomic E-state index is 4.19. The molecular formula is C10H16N2P2S2. The lowest BCUT2D eigenvalue weighted by Crippen LogP contribution is -1.83. The molecule has 2 aromatic heterocycles. The third-order valence-corrected chi connectivity index (χ3v) is 4.86. The Balaban J connectivity index is 0.000000160. The van der Waals surface area contributed by atoms with Crippen molar-refractivity contribution in [2.45, 2.75) is 27.7 Å². The van der Waals surface area contributed by atoms with Gasteiger partial charge < -0.3 is 0 Å². The van der Waals surface area contributed by atoms with Crippen LogP contribution in [-0.4, -0.2) is 9.97 Å². The molecule has 0 bridgehead atoms. The fourth-order valence-electron chi connectivity index (χ4n) is 0.995. The van der Waals surface area contributed by atoms with E-state index in [9.17, 15) is 0 Å².